The van der Waals surface area contributed by atoms with E-state index in [2.05, 4.69) is 0 Å². The average molecular weight is 328 g/mol. The van der Waals surface area contributed by atoms with Gasteiger partial charge in [-0.3, -0.25) is 14.2 Å². The summed E-state index contributed by atoms with van der Waals surface area (Å²) in [5, 5.41) is 18.3. The fourth-order valence-electron chi connectivity index (χ4n) is 2.49. The molecule has 0 fully saturated rings. The van der Waals surface area contributed by atoms with E-state index < -0.39 is 37.5 Å². The highest BCUT2D eigenvalue weighted by Crippen LogP contribution is 2.43. The lowest BCUT2D eigenvalue weighted by atomic mass is 9.79. The number of benzene rings is 1. The molecular weight excluding hydrogens is 307 g/mol. The number of hydrogen-bond acceptors (Lipinski definition) is 3. The van der Waals surface area contributed by atoms with Gasteiger partial charge in [0.25, 0.3) is 0 Å². The zero-order valence-corrected chi connectivity index (χ0v) is 13.4. The molecular formula is C15H21O6P. The molecule has 122 valence electrons. The lowest BCUT2D eigenvalue weighted by Gasteiger charge is -2.31. The molecule has 6 nitrogen and oxygen atoms in total. The predicted octanol–water partition coefficient (Wildman–Crippen LogP) is 2.41. The molecule has 0 aliphatic carbocycles. The van der Waals surface area contributed by atoms with Crippen LogP contribution >= 0.6 is 8.03 Å². The molecule has 3 unspecified atom stereocenters. The molecule has 7 heteroatoms. The molecule has 0 aliphatic rings. The van der Waals surface area contributed by atoms with E-state index in [1.807, 2.05) is 30.3 Å². The minimum atomic E-state index is -3.28. The summed E-state index contributed by atoms with van der Waals surface area (Å²) in [6, 6.07) is 9.48. The highest BCUT2D eigenvalue weighted by Gasteiger charge is 2.44. The third-order valence-electron chi connectivity index (χ3n) is 3.94. The SMILES string of the molecule is CC(CCCc1ccccc1)(C(=O)O)C(CC(=O)O)[PH](=O)O. The Hall–Kier alpha value is -1.65. The maximum Gasteiger partial charge on any atom is 0.310 e. The van der Waals surface area contributed by atoms with Crippen molar-refractivity contribution < 1.29 is 29.3 Å². The van der Waals surface area contributed by atoms with Crippen LogP contribution in [0.15, 0.2) is 30.3 Å². The van der Waals surface area contributed by atoms with Crippen LogP contribution in [0, 0.1) is 5.41 Å². The highest BCUT2D eigenvalue weighted by molar-refractivity contribution is 7.39. The largest absolute Gasteiger partial charge is 0.481 e. The first kappa shape index (κ1) is 18.4. The summed E-state index contributed by atoms with van der Waals surface area (Å²) in [7, 11) is -3.28. The van der Waals surface area contributed by atoms with E-state index in [0.29, 0.717) is 12.8 Å². The minimum absolute atomic E-state index is 0.145. The number of carboxylic acids is 2. The van der Waals surface area contributed by atoms with Crippen LogP contribution in [0.3, 0.4) is 0 Å². The molecule has 0 heterocycles. The molecule has 22 heavy (non-hydrogen) atoms. The Balaban J connectivity index is 2.82. The molecule has 0 radical (unpaired) electrons. The lowest BCUT2D eigenvalue weighted by Crippen LogP contribution is -2.39. The Morgan fingerprint density at radius 2 is 1.82 bits per heavy atom. The summed E-state index contributed by atoms with van der Waals surface area (Å²) in [4.78, 5) is 31.8. The van der Waals surface area contributed by atoms with Crippen molar-refractivity contribution in [3.05, 3.63) is 35.9 Å². The predicted molar refractivity (Wildman–Crippen MR) is 82.4 cm³/mol. The van der Waals surface area contributed by atoms with Gasteiger partial charge in [0.1, 0.15) is 0 Å². The van der Waals surface area contributed by atoms with Crippen LogP contribution in [0.4, 0.5) is 0 Å². The van der Waals surface area contributed by atoms with Crippen molar-refractivity contribution in [2.45, 2.75) is 38.3 Å². The second kappa shape index (κ2) is 8.11. The number of rotatable bonds is 9. The van der Waals surface area contributed by atoms with Crippen molar-refractivity contribution in [3.63, 3.8) is 0 Å². The van der Waals surface area contributed by atoms with Crippen LogP contribution in [0.2, 0.25) is 0 Å². The van der Waals surface area contributed by atoms with E-state index in [-0.39, 0.29) is 6.42 Å². The van der Waals surface area contributed by atoms with Gasteiger partial charge in [0.2, 0.25) is 0 Å². The van der Waals surface area contributed by atoms with E-state index in [0.717, 1.165) is 5.56 Å². The van der Waals surface area contributed by atoms with E-state index >= 15 is 0 Å². The van der Waals surface area contributed by atoms with Crippen molar-refractivity contribution >= 4 is 20.0 Å². The number of carboxylic acid groups (broad SMARTS) is 2. The quantitative estimate of drug-likeness (QED) is 0.600. The first-order valence-corrected chi connectivity index (χ1v) is 8.42. The fraction of sp³-hybridized carbons (Fsp3) is 0.467. The number of aliphatic carboxylic acids is 2. The van der Waals surface area contributed by atoms with Crippen LogP contribution in [0.5, 0.6) is 0 Å². The standard InChI is InChI=1S/C15H21O6P/c1-15(14(18)19,12(22(20)21)10-13(16)17)9-5-8-11-6-3-2-4-7-11/h2-4,6-7,12,22H,5,8-10H2,1H3,(H,16,17)(H,18,19)(H,20,21). The monoisotopic (exact) mass is 328 g/mol. The number of hydrogen-bond donors (Lipinski definition) is 3. The van der Waals surface area contributed by atoms with E-state index in [1.165, 1.54) is 6.92 Å². The Kier molecular flexibility index (Phi) is 6.78. The number of aryl methyl sites for hydroxylation is 1. The lowest BCUT2D eigenvalue weighted by molar-refractivity contribution is -0.149. The van der Waals surface area contributed by atoms with Crippen LogP contribution in [0.25, 0.3) is 0 Å². The van der Waals surface area contributed by atoms with Crippen molar-refractivity contribution in [1.82, 2.24) is 0 Å². The maximum absolute atomic E-state index is 11.6. The summed E-state index contributed by atoms with van der Waals surface area (Å²) >= 11 is 0. The van der Waals surface area contributed by atoms with Crippen molar-refractivity contribution in [2.24, 2.45) is 5.41 Å². The second-order valence-electron chi connectivity index (χ2n) is 5.55. The molecule has 0 saturated heterocycles. The van der Waals surface area contributed by atoms with Gasteiger partial charge >= 0.3 is 11.9 Å². The van der Waals surface area contributed by atoms with Gasteiger partial charge in [-0.2, -0.15) is 0 Å². The van der Waals surface area contributed by atoms with E-state index in [1.54, 1.807) is 0 Å². The van der Waals surface area contributed by atoms with Gasteiger partial charge in [-0.05, 0) is 31.7 Å². The molecule has 1 aromatic rings. The third kappa shape index (κ3) is 4.97. The summed E-state index contributed by atoms with van der Waals surface area (Å²) in [5.74, 6) is -2.51. The molecule has 0 bridgehead atoms. The van der Waals surface area contributed by atoms with Crippen molar-refractivity contribution in [3.8, 4) is 0 Å². The number of carbonyl (C=O) groups is 2. The van der Waals surface area contributed by atoms with Gasteiger partial charge in [0.15, 0.2) is 8.03 Å². The Morgan fingerprint density at radius 3 is 2.27 bits per heavy atom. The summed E-state index contributed by atoms with van der Waals surface area (Å²) < 4.78 is 11.5. The third-order valence-corrected chi connectivity index (χ3v) is 5.38. The van der Waals surface area contributed by atoms with Gasteiger partial charge in [-0.1, -0.05) is 30.3 Å². The first-order valence-electron chi connectivity index (χ1n) is 6.99. The second-order valence-corrected chi connectivity index (χ2v) is 6.92. The minimum Gasteiger partial charge on any atom is -0.481 e. The topological polar surface area (TPSA) is 112 Å². The summed E-state index contributed by atoms with van der Waals surface area (Å²) in [6.07, 6.45) is 0.655. The Morgan fingerprint density at radius 1 is 1.23 bits per heavy atom. The van der Waals surface area contributed by atoms with Gasteiger partial charge in [-0.25, -0.2) is 0 Å². The van der Waals surface area contributed by atoms with Gasteiger partial charge < -0.3 is 15.1 Å². The average Bonchev–Trinajstić information content (AvgIpc) is 2.45. The molecule has 0 amide bonds. The maximum atomic E-state index is 11.6. The zero-order valence-electron chi connectivity index (χ0n) is 12.4. The Labute approximate surface area is 129 Å². The Bertz CT molecular complexity index is 544. The van der Waals surface area contributed by atoms with Crippen molar-refractivity contribution in [2.75, 3.05) is 0 Å². The normalized spacial score (nSPS) is 16.5. The van der Waals surface area contributed by atoms with Gasteiger partial charge in [0, 0.05) is 0 Å². The first-order chi connectivity index (χ1) is 10.3. The van der Waals surface area contributed by atoms with Gasteiger partial charge in [-0.15, -0.1) is 0 Å². The van der Waals surface area contributed by atoms with Crippen LogP contribution in [0.1, 0.15) is 31.7 Å². The highest BCUT2D eigenvalue weighted by atomic mass is 31.1. The molecule has 1 aromatic carbocycles. The van der Waals surface area contributed by atoms with Crippen LogP contribution < -0.4 is 0 Å². The van der Waals surface area contributed by atoms with Crippen LogP contribution in [-0.2, 0) is 20.6 Å². The van der Waals surface area contributed by atoms with E-state index in [4.69, 9.17) is 5.11 Å². The smallest absolute Gasteiger partial charge is 0.310 e. The fourth-order valence-corrected chi connectivity index (χ4v) is 3.66. The molecule has 0 aromatic heterocycles. The van der Waals surface area contributed by atoms with Crippen molar-refractivity contribution in [1.29, 1.82) is 0 Å². The molecule has 0 spiro atoms. The van der Waals surface area contributed by atoms with Gasteiger partial charge in [0.05, 0.1) is 17.5 Å². The summed E-state index contributed by atoms with van der Waals surface area (Å²) in [6.45, 7) is 1.35. The van der Waals surface area contributed by atoms with E-state index in [9.17, 15) is 24.2 Å². The molecule has 3 N–H and O–H groups in total. The zero-order chi connectivity index (χ0) is 16.8. The summed E-state index contributed by atoms with van der Waals surface area (Å²) in [5.41, 5.74) is -1.76. The molecule has 3 atom stereocenters. The molecule has 0 aliphatic heterocycles. The molecule has 1 rings (SSSR count). The van der Waals surface area contributed by atoms with Crippen LogP contribution in [-0.4, -0.2) is 32.7 Å². The molecule has 0 saturated carbocycles.